The largest absolute Gasteiger partial charge is 0.497 e. The zero-order valence-corrected chi connectivity index (χ0v) is 43.5. The van der Waals surface area contributed by atoms with Crippen LogP contribution in [-0.4, -0.2) is 170 Å². The number of fused-ring (bicyclic) bond motifs is 12. The van der Waals surface area contributed by atoms with Gasteiger partial charge in [-0.05, 0) is 158 Å². The van der Waals surface area contributed by atoms with E-state index in [1.807, 2.05) is 61.8 Å². The Hall–Kier alpha value is -5.13. The lowest BCUT2D eigenvalue weighted by Gasteiger charge is -2.49. The minimum absolute atomic E-state index is 0.0681. The second-order valence-corrected chi connectivity index (χ2v) is 22.5. The summed E-state index contributed by atoms with van der Waals surface area (Å²) in [5.74, 6) is 1.43. The van der Waals surface area contributed by atoms with Crippen LogP contribution in [0.3, 0.4) is 0 Å². The Bertz CT molecular complexity index is 2720. The molecule has 0 radical (unpaired) electrons. The molecule has 1 N–H and O–H groups in total. The number of nitrogens with zero attached hydrogens (tertiary/aromatic N) is 16. The Balaban J connectivity index is 0.000000106. The Morgan fingerprint density at radius 1 is 0.479 bits per heavy atom. The fourth-order valence-electron chi connectivity index (χ4n) is 12.8. The van der Waals surface area contributed by atoms with Crippen LogP contribution < -0.4 is 4.74 Å². The van der Waals surface area contributed by atoms with E-state index in [1.54, 1.807) is 51.5 Å². The van der Waals surface area contributed by atoms with Crippen molar-refractivity contribution in [3.8, 4) is 17.1 Å². The van der Waals surface area contributed by atoms with Crippen molar-refractivity contribution in [2.24, 2.45) is 37.8 Å². The van der Waals surface area contributed by atoms with Crippen LogP contribution in [0.5, 0.6) is 5.75 Å². The van der Waals surface area contributed by atoms with Gasteiger partial charge in [-0.3, -0.25) is 24.1 Å². The molecule has 4 atom stereocenters. The molecule has 2 aromatic carbocycles. The molecule has 18 rings (SSSR count). The summed E-state index contributed by atoms with van der Waals surface area (Å²) in [6.45, 7) is 10.5. The highest BCUT2D eigenvalue weighted by Gasteiger charge is 2.53. The van der Waals surface area contributed by atoms with Crippen LogP contribution in [0.1, 0.15) is 74.1 Å². The number of alkyl halides is 3. The molecule has 4 aromatic heterocycles. The molecule has 4 unspecified atom stereocenters. The molecule has 0 saturated carbocycles. The zero-order chi connectivity index (χ0) is 50.5. The first-order valence-corrected chi connectivity index (χ1v) is 26.7. The molecule has 18 nitrogen and oxygen atoms in total. The number of halogens is 4. The number of benzene rings is 2. The van der Waals surface area contributed by atoms with Crippen LogP contribution in [0.15, 0.2) is 77.8 Å². The van der Waals surface area contributed by atoms with Gasteiger partial charge in [-0.25, -0.2) is 22.5 Å². The Kier molecular flexibility index (Phi) is 13.8. The number of methoxy groups -OCH3 is 1. The van der Waals surface area contributed by atoms with E-state index in [0.29, 0.717) is 42.6 Å². The van der Waals surface area contributed by atoms with Gasteiger partial charge in [0.1, 0.15) is 34.1 Å². The van der Waals surface area contributed by atoms with Crippen LogP contribution in [0.2, 0.25) is 0 Å². The lowest BCUT2D eigenvalue weighted by atomic mass is 9.74. The van der Waals surface area contributed by atoms with Crippen molar-refractivity contribution in [3.63, 3.8) is 0 Å². The van der Waals surface area contributed by atoms with Gasteiger partial charge < -0.3 is 14.7 Å². The van der Waals surface area contributed by atoms with Gasteiger partial charge in [-0.2, -0.15) is 0 Å². The third-order valence-corrected chi connectivity index (χ3v) is 17.7. The van der Waals surface area contributed by atoms with Crippen LogP contribution in [0.25, 0.3) is 11.4 Å². The molecule has 12 aliphatic heterocycles. The average Bonchev–Trinajstić information content (AvgIpc) is 4.28. The van der Waals surface area contributed by atoms with E-state index in [2.05, 4.69) is 76.8 Å². The average molecular weight is 1070 g/mol. The molecule has 6 aromatic rings. The topological polar surface area (TPSA) is 165 Å². The van der Waals surface area contributed by atoms with Crippen molar-refractivity contribution in [3.05, 3.63) is 101 Å². The molecule has 390 valence electrons. The number of hydrogen-bond acceptors (Lipinski definition) is 14. The number of ether oxygens (including phenoxy) is 1. The SMILES string of the molecule is COc1ccc(-n2cc(C3(F)CN4CCC3CC4)nn2)cc1.Cn1cc(C2(F)CN3CCC2CC3)nn1.Cn1cc(C2(O)CN3CCC2CC3)nn1.FC1(c2cn(-c3ccc(Br)cc3)nn2)CN2CCC1CC2. The Labute approximate surface area is 431 Å². The van der Waals surface area contributed by atoms with Crippen molar-refractivity contribution < 1.29 is 23.0 Å². The molecule has 12 fully saturated rings. The van der Waals surface area contributed by atoms with E-state index in [-0.39, 0.29) is 17.8 Å². The summed E-state index contributed by atoms with van der Waals surface area (Å²) in [4.78, 5) is 8.88. The van der Waals surface area contributed by atoms with E-state index in [4.69, 9.17) is 4.74 Å². The number of hydrogen-bond donors (Lipinski definition) is 1. The predicted molar refractivity (Wildman–Crippen MR) is 268 cm³/mol. The summed E-state index contributed by atoms with van der Waals surface area (Å²) < 4.78 is 58.4. The van der Waals surface area contributed by atoms with Gasteiger partial charge in [-0.15, -0.1) is 20.4 Å². The second kappa shape index (κ2) is 20.2. The quantitative estimate of drug-likeness (QED) is 0.213. The molecular formula is C51H66BrF3N16O2. The van der Waals surface area contributed by atoms with Crippen LogP contribution in [0, 0.1) is 23.7 Å². The minimum Gasteiger partial charge on any atom is -0.497 e. The van der Waals surface area contributed by atoms with Crippen molar-refractivity contribution in [1.82, 2.24) is 79.6 Å². The summed E-state index contributed by atoms with van der Waals surface area (Å²) in [5, 5.41) is 42.9. The minimum atomic E-state index is -1.36. The fraction of sp³-hybridized carbons (Fsp3) is 0.608. The zero-order valence-electron chi connectivity index (χ0n) is 41.9. The van der Waals surface area contributed by atoms with Crippen molar-refractivity contribution in [2.75, 3.05) is 85.6 Å². The van der Waals surface area contributed by atoms with E-state index in [0.717, 1.165) is 138 Å². The number of aromatic nitrogens is 12. The standard InChI is InChI=1S/C16H19FN4O.C15H16BrFN4.C10H15FN4.C10H16N4O/c1-22-14-4-2-13(3-5-14)21-10-15(18-19-21)16(17)11-20-8-6-12(16)7-9-20;16-12-1-3-13(4-2-12)21-9-14(18-19-21)15(17)10-20-7-5-11(15)6-8-20;1-14-6-9(12-13-14)10(11)7-15-4-2-8(10)3-5-15;1-13-6-9(11-12-13)10(15)7-14-4-2-8(10)3-5-14/h2-5,10,12H,6-9,11H2,1H3;1-4,9,11H,5-8,10H2;6,8H,2-5,7H2,1H3;6,8,15H,2-5,7H2,1H3. The normalized spacial score (nSPS) is 34.5. The molecule has 0 spiro atoms. The third-order valence-electron chi connectivity index (χ3n) is 17.1. The van der Waals surface area contributed by atoms with E-state index >= 15 is 8.78 Å². The molecule has 73 heavy (non-hydrogen) atoms. The van der Waals surface area contributed by atoms with Crippen molar-refractivity contribution in [1.29, 1.82) is 0 Å². The summed E-state index contributed by atoms with van der Waals surface area (Å²) >= 11 is 3.41. The fourth-order valence-corrected chi connectivity index (χ4v) is 13.0. The van der Waals surface area contributed by atoms with Gasteiger partial charge in [-0.1, -0.05) is 36.8 Å². The van der Waals surface area contributed by atoms with Gasteiger partial charge in [0.2, 0.25) is 0 Å². The Morgan fingerprint density at radius 3 is 1.15 bits per heavy atom. The first kappa shape index (κ1) is 50.0. The summed E-state index contributed by atoms with van der Waals surface area (Å²) in [6.07, 6.45) is 14.7. The highest BCUT2D eigenvalue weighted by Crippen LogP contribution is 2.47. The first-order chi connectivity index (χ1) is 35.2. The summed E-state index contributed by atoms with van der Waals surface area (Å²) in [6, 6.07) is 15.2. The number of aryl methyl sites for hydroxylation is 2. The lowest BCUT2D eigenvalue weighted by molar-refractivity contribution is -0.120. The number of aliphatic hydroxyl groups is 1. The van der Waals surface area contributed by atoms with Gasteiger partial charge in [0.15, 0.2) is 17.0 Å². The van der Waals surface area contributed by atoms with Gasteiger partial charge >= 0.3 is 0 Å². The third kappa shape index (κ3) is 9.87. The summed E-state index contributed by atoms with van der Waals surface area (Å²) in [7, 11) is 5.24. The number of rotatable bonds is 7. The smallest absolute Gasteiger partial charge is 0.171 e. The molecular weight excluding hydrogens is 1010 g/mol. The highest BCUT2D eigenvalue weighted by atomic mass is 79.9. The number of piperidine rings is 12. The first-order valence-electron chi connectivity index (χ1n) is 25.9. The molecule has 0 amide bonds. The molecule has 16 heterocycles. The van der Waals surface area contributed by atoms with Gasteiger partial charge in [0.05, 0.1) is 43.3 Å². The molecule has 0 aliphatic carbocycles. The van der Waals surface area contributed by atoms with Crippen LogP contribution in [-0.2, 0) is 36.7 Å². The van der Waals surface area contributed by atoms with Crippen molar-refractivity contribution in [2.45, 2.75) is 74.0 Å². The van der Waals surface area contributed by atoms with Gasteiger partial charge in [0.25, 0.3) is 0 Å². The maximum atomic E-state index is 15.5. The Morgan fingerprint density at radius 2 is 0.822 bits per heavy atom. The molecule has 12 saturated heterocycles. The predicted octanol–water partition coefficient (Wildman–Crippen LogP) is 5.52. The highest BCUT2D eigenvalue weighted by molar-refractivity contribution is 9.10. The van der Waals surface area contributed by atoms with Crippen LogP contribution >= 0.6 is 15.9 Å². The van der Waals surface area contributed by atoms with Crippen LogP contribution in [0.4, 0.5) is 13.2 Å². The monoisotopic (exact) mass is 1070 g/mol. The van der Waals surface area contributed by atoms with E-state index < -0.39 is 22.6 Å². The molecule has 22 heteroatoms. The van der Waals surface area contributed by atoms with Crippen molar-refractivity contribution >= 4 is 15.9 Å². The maximum absolute atomic E-state index is 15.5. The van der Waals surface area contributed by atoms with E-state index in [1.165, 1.54) is 0 Å². The lowest BCUT2D eigenvalue weighted by Crippen LogP contribution is -2.57. The van der Waals surface area contributed by atoms with Gasteiger partial charge in [0, 0.05) is 62.5 Å². The van der Waals surface area contributed by atoms with E-state index in [9.17, 15) is 9.50 Å². The maximum Gasteiger partial charge on any atom is 0.171 e. The molecule has 8 bridgehead atoms. The second-order valence-electron chi connectivity index (χ2n) is 21.5. The molecule has 12 aliphatic rings. The summed E-state index contributed by atoms with van der Waals surface area (Å²) in [5.41, 5.74) is -0.802.